The van der Waals surface area contributed by atoms with Crippen molar-refractivity contribution in [3.05, 3.63) is 0 Å². The first kappa shape index (κ1) is 11.8. The highest BCUT2D eigenvalue weighted by atomic mass is 35.5. The van der Waals surface area contributed by atoms with Gasteiger partial charge in [0.05, 0.1) is 0 Å². The standard InChI is InChI=1S/C4H9NO2S.ClH/c1-5-3(2-8)4(6)7;/h3,5,8H,2H2,1H3,(H,6,7);1H/t3-;/m1./s1. The van der Waals surface area contributed by atoms with Crippen molar-refractivity contribution < 1.29 is 9.90 Å². The fraction of sp³-hybridized carbons (Fsp3) is 0.750. The number of aliphatic carboxylic acids is 1. The lowest BCUT2D eigenvalue weighted by Crippen LogP contribution is -2.35. The largest absolute Gasteiger partial charge is 0.480 e. The molecule has 0 aliphatic heterocycles. The Morgan fingerprint density at radius 2 is 2.33 bits per heavy atom. The van der Waals surface area contributed by atoms with E-state index >= 15 is 0 Å². The van der Waals surface area contributed by atoms with Crippen molar-refractivity contribution in [2.45, 2.75) is 6.04 Å². The van der Waals surface area contributed by atoms with Crippen LogP contribution in [0.2, 0.25) is 0 Å². The van der Waals surface area contributed by atoms with Crippen LogP contribution in [0.25, 0.3) is 0 Å². The first-order chi connectivity index (χ1) is 3.72. The number of carboxylic acids is 1. The monoisotopic (exact) mass is 171 g/mol. The first-order valence-corrected chi connectivity index (χ1v) is 2.86. The van der Waals surface area contributed by atoms with Gasteiger partial charge in [-0.05, 0) is 7.05 Å². The molecule has 0 radical (unpaired) electrons. The molecule has 1 atom stereocenters. The van der Waals surface area contributed by atoms with Crippen LogP contribution in [0.5, 0.6) is 0 Å². The molecular weight excluding hydrogens is 162 g/mol. The predicted octanol–water partition coefficient (Wildman–Crippen LogP) is 0.0106. The van der Waals surface area contributed by atoms with E-state index in [9.17, 15) is 4.79 Å². The molecule has 0 rings (SSSR count). The molecule has 0 saturated heterocycles. The van der Waals surface area contributed by atoms with Crippen molar-refractivity contribution in [1.29, 1.82) is 0 Å². The van der Waals surface area contributed by atoms with Crippen LogP contribution in [-0.2, 0) is 4.79 Å². The quantitative estimate of drug-likeness (QED) is 0.525. The van der Waals surface area contributed by atoms with E-state index in [0.29, 0.717) is 5.75 Å². The van der Waals surface area contributed by atoms with Crippen molar-refractivity contribution >= 4 is 31.0 Å². The van der Waals surface area contributed by atoms with Crippen LogP contribution < -0.4 is 5.32 Å². The number of hydrogen-bond acceptors (Lipinski definition) is 3. The topological polar surface area (TPSA) is 49.3 Å². The smallest absolute Gasteiger partial charge is 0.321 e. The van der Waals surface area contributed by atoms with E-state index in [2.05, 4.69) is 17.9 Å². The minimum atomic E-state index is -0.859. The Kier molecular flexibility index (Phi) is 8.13. The summed E-state index contributed by atoms with van der Waals surface area (Å²) in [6.45, 7) is 0. The Morgan fingerprint density at radius 3 is 2.33 bits per heavy atom. The van der Waals surface area contributed by atoms with Gasteiger partial charge >= 0.3 is 5.97 Å². The van der Waals surface area contributed by atoms with Gasteiger partial charge in [0.2, 0.25) is 0 Å². The van der Waals surface area contributed by atoms with E-state index in [1.54, 1.807) is 7.05 Å². The number of likely N-dealkylation sites (N-methyl/N-ethyl adjacent to an activating group) is 1. The maximum atomic E-state index is 10.1. The number of thiol groups is 1. The van der Waals surface area contributed by atoms with E-state index in [1.807, 2.05) is 0 Å². The van der Waals surface area contributed by atoms with Gasteiger partial charge < -0.3 is 10.4 Å². The number of nitrogens with one attached hydrogen (secondary N) is 1. The zero-order valence-electron chi connectivity index (χ0n) is 5.00. The predicted molar refractivity (Wildman–Crippen MR) is 41.6 cm³/mol. The molecule has 0 aliphatic carbocycles. The molecule has 0 bridgehead atoms. The third-order valence-corrected chi connectivity index (χ3v) is 1.19. The van der Waals surface area contributed by atoms with Gasteiger partial charge in [0.25, 0.3) is 0 Å². The van der Waals surface area contributed by atoms with Crippen LogP contribution in [0.3, 0.4) is 0 Å². The summed E-state index contributed by atoms with van der Waals surface area (Å²) in [4.78, 5) is 10.1. The molecule has 0 heterocycles. The summed E-state index contributed by atoms with van der Waals surface area (Å²) in [7, 11) is 1.59. The van der Waals surface area contributed by atoms with Gasteiger partial charge in [0, 0.05) is 5.75 Å². The second-order valence-electron chi connectivity index (χ2n) is 1.36. The normalized spacial score (nSPS) is 11.8. The molecule has 0 saturated carbocycles. The summed E-state index contributed by atoms with van der Waals surface area (Å²) >= 11 is 3.79. The van der Waals surface area contributed by atoms with Gasteiger partial charge in [0.15, 0.2) is 0 Å². The van der Waals surface area contributed by atoms with Crippen LogP contribution in [0.1, 0.15) is 0 Å². The lowest BCUT2D eigenvalue weighted by Gasteiger charge is -2.04. The molecular formula is C4H10ClNO2S. The number of hydrogen-bond donors (Lipinski definition) is 3. The van der Waals surface area contributed by atoms with Crippen molar-refractivity contribution in [3.8, 4) is 0 Å². The molecule has 0 aromatic carbocycles. The lowest BCUT2D eigenvalue weighted by atomic mass is 10.3. The summed E-state index contributed by atoms with van der Waals surface area (Å²) in [6, 6.07) is -0.515. The van der Waals surface area contributed by atoms with Crippen molar-refractivity contribution in [3.63, 3.8) is 0 Å². The molecule has 0 aromatic rings. The fourth-order valence-electron chi connectivity index (χ4n) is 0.293. The Hall–Kier alpha value is 0.0700. The third-order valence-electron chi connectivity index (χ3n) is 0.829. The first-order valence-electron chi connectivity index (χ1n) is 2.23. The van der Waals surface area contributed by atoms with Crippen LogP contribution in [0.4, 0.5) is 0 Å². The molecule has 0 fully saturated rings. The molecule has 3 nitrogen and oxygen atoms in total. The highest BCUT2D eigenvalue weighted by Crippen LogP contribution is 1.84. The average Bonchev–Trinajstić information content (AvgIpc) is 1.69. The molecule has 9 heavy (non-hydrogen) atoms. The maximum absolute atomic E-state index is 10.1. The Labute approximate surface area is 65.6 Å². The molecule has 0 amide bonds. The molecule has 0 aliphatic rings. The minimum absolute atomic E-state index is 0. The average molecular weight is 172 g/mol. The Morgan fingerprint density at radius 1 is 1.89 bits per heavy atom. The summed E-state index contributed by atoms with van der Waals surface area (Å²) in [5, 5.41) is 10.8. The zero-order chi connectivity index (χ0) is 6.57. The summed E-state index contributed by atoms with van der Waals surface area (Å²) in [5.41, 5.74) is 0. The minimum Gasteiger partial charge on any atom is -0.480 e. The zero-order valence-corrected chi connectivity index (χ0v) is 6.71. The van der Waals surface area contributed by atoms with Gasteiger partial charge in [-0.1, -0.05) is 0 Å². The van der Waals surface area contributed by atoms with Crippen LogP contribution >= 0.6 is 25.0 Å². The second-order valence-corrected chi connectivity index (χ2v) is 1.73. The molecule has 56 valence electrons. The van der Waals surface area contributed by atoms with Crippen LogP contribution in [-0.4, -0.2) is 29.9 Å². The summed E-state index contributed by atoms with van der Waals surface area (Å²) in [5.74, 6) is -0.534. The van der Waals surface area contributed by atoms with E-state index in [4.69, 9.17) is 5.11 Å². The third kappa shape index (κ3) is 4.57. The molecule has 2 N–H and O–H groups in total. The summed E-state index contributed by atoms with van der Waals surface area (Å²) < 4.78 is 0. The van der Waals surface area contributed by atoms with Crippen molar-refractivity contribution in [2.75, 3.05) is 12.8 Å². The maximum Gasteiger partial charge on any atom is 0.321 e. The van der Waals surface area contributed by atoms with Gasteiger partial charge in [-0.3, -0.25) is 4.79 Å². The van der Waals surface area contributed by atoms with Crippen molar-refractivity contribution in [1.82, 2.24) is 5.32 Å². The lowest BCUT2D eigenvalue weighted by molar-refractivity contribution is -0.138. The molecule has 0 spiro atoms. The highest BCUT2D eigenvalue weighted by Gasteiger charge is 2.10. The van der Waals surface area contributed by atoms with E-state index in [1.165, 1.54) is 0 Å². The molecule has 0 unspecified atom stereocenters. The Balaban J connectivity index is 0. The van der Waals surface area contributed by atoms with E-state index < -0.39 is 12.0 Å². The van der Waals surface area contributed by atoms with Crippen LogP contribution in [0, 0.1) is 0 Å². The molecule has 5 heteroatoms. The molecule has 0 aromatic heterocycles. The number of rotatable bonds is 3. The Bertz CT molecular complexity index is 86.6. The van der Waals surface area contributed by atoms with Gasteiger partial charge in [-0.15, -0.1) is 12.4 Å². The van der Waals surface area contributed by atoms with Gasteiger partial charge in [-0.2, -0.15) is 12.6 Å². The van der Waals surface area contributed by atoms with Gasteiger partial charge in [-0.25, -0.2) is 0 Å². The van der Waals surface area contributed by atoms with Gasteiger partial charge in [0.1, 0.15) is 6.04 Å². The van der Waals surface area contributed by atoms with E-state index in [0.717, 1.165) is 0 Å². The number of carboxylic acid groups (broad SMARTS) is 1. The second kappa shape index (κ2) is 6.19. The number of carbonyl (C=O) groups is 1. The fourth-order valence-corrected chi connectivity index (χ4v) is 0.632. The van der Waals surface area contributed by atoms with E-state index in [-0.39, 0.29) is 12.4 Å². The van der Waals surface area contributed by atoms with Crippen LogP contribution in [0.15, 0.2) is 0 Å². The summed E-state index contributed by atoms with van der Waals surface area (Å²) in [6.07, 6.45) is 0. The number of halogens is 1. The SMILES string of the molecule is CN[C@H](CS)C(=O)O.Cl. The van der Waals surface area contributed by atoms with Crippen molar-refractivity contribution in [2.24, 2.45) is 0 Å². The highest BCUT2D eigenvalue weighted by molar-refractivity contribution is 7.80.